The molecule has 176 valence electrons. The van der Waals surface area contributed by atoms with Crippen LogP contribution in [0.1, 0.15) is 28.9 Å². The van der Waals surface area contributed by atoms with Crippen molar-refractivity contribution in [3.63, 3.8) is 0 Å². The molecule has 0 aromatic heterocycles. The molecule has 0 saturated carbocycles. The molecule has 7 nitrogen and oxygen atoms in total. The molecule has 3 rings (SSSR count). The van der Waals surface area contributed by atoms with Gasteiger partial charge < -0.3 is 14.8 Å². The van der Waals surface area contributed by atoms with Crippen LogP contribution in [0.25, 0.3) is 10.8 Å². The van der Waals surface area contributed by atoms with Crippen molar-refractivity contribution >= 4 is 26.7 Å². The molecule has 0 fully saturated rings. The Morgan fingerprint density at radius 2 is 1.58 bits per heavy atom. The summed E-state index contributed by atoms with van der Waals surface area (Å²) >= 11 is 0. The van der Waals surface area contributed by atoms with Crippen LogP contribution in [-0.4, -0.2) is 59.2 Å². The molecule has 1 N–H and O–H groups in total. The zero-order valence-electron chi connectivity index (χ0n) is 19.2. The number of ether oxygens (including phenoxy) is 2. The van der Waals surface area contributed by atoms with E-state index in [0.717, 1.165) is 16.3 Å². The van der Waals surface area contributed by atoms with Gasteiger partial charge in [-0.15, -0.1) is 0 Å². The van der Waals surface area contributed by atoms with Crippen LogP contribution in [0.3, 0.4) is 0 Å². The summed E-state index contributed by atoms with van der Waals surface area (Å²) < 4.78 is 37.7. The number of nitrogens with one attached hydrogen (secondary N) is 1. The van der Waals surface area contributed by atoms with Crippen LogP contribution in [0.2, 0.25) is 0 Å². The number of nitrogens with zero attached hydrogens (tertiary/aromatic N) is 1. The summed E-state index contributed by atoms with van der Waals surface area (Å²) in [6, 6.07) is 19.9. The van der Waals surface area contributed by atoms with E-state index in [4.69, 9.17) is 9.47 Å². The summed E-state index contributed by atoms with van der Waals surface area (Å²) in [5, 5.41) is 5.19. The molecule has 8 heteroatoms. The number of benzene rings is 3. The van der Waals surface area contributed by atoms with E-state index in [0.29, 0.717) is 0 Å². The Kier molecular flexibility index (Phi) is 8.57. The molecule has 1 atom stereocenters. The van der Waals surface area contributed by atoms with Gasteiger partial charge in [-0.25, -0.2) is 8.42 Å². The Balaban J connectivity index is 1.78. The molecule has 33 heavy (non-hydrogen) atoms. The first-order valence-electron chi connectivity index (χ1n) is 10.7. The molecule has 0 radical (unpaired) electrons. The SMILES string of the molecule is COCCN(CCOC)S(=O)(=O)c1cccc(C(=O)N[C@@H](C)c2ccc3ccccc3c2)c1. The molecule has 3 aromatic rings. The maximum absolute atomic E-state index is 13.2. The van der Waals surface area contributed by atoms with Crippen LogP contribution in [-0.2, 0) is 19.5 Å². The van der Waals surface area contributed by atoms with Crippen molar-refractivity contribution in [3.05, 3.63) is 77.9 Å². The summed E-state index contributed by atoms with van der Waals surface area (Å²) in [5.74, 6) is -0.340. The highest BCUT2D eigenvalue weighted by Crippen LogP contribution is 2.22. The Bertz CT molecular complexity index is 1190. The van der Waals surface area contributed by atoms with Crippen LogP contribution in [0.5, 0.6) is 0 Å². The van der Waals surface area contributed by atoms with Crippen LogP contribution in [0, 0.1) is 0 Å². The van der Waals surface area contributed by atoms with Gasteiger partial charge in [-0.2, -0.15) is 4.31 Å². The van der Waals surface area contributed by atoms with Gasteiger partial charge in [0.25, 0.3) is 5.91 Å². The van der Waals surface area contributed by atoms with Gasteiger partial charge in [-0.1, -0.05) is 42.5 Å². The van der Waals surface area contributed by atoms with Crippen LogP contribution >= 0.6 is 0 Å². The van der Waals surface area contributed by atoms with E-state index in [1.165, 1.54) is 30.7 Å². The van der Waals surface area contributed by atoms with Gasteiger partial charge >= 0.3 is 0 Å². The smallest absolute Gasteiger partial charge is 0.251 e. The highest BCUT2D eigenvalue weighted by atomic mass is 32.2. The van der Waals surface area contributed by atoms with E-state index in [-0.39, 0.29) is 48.7 Å². The van der Waals surface area contributed by atoms with Crippen molar-refractivity contribution in [2.24, 2.45) is 0 Å². The summed E-state index contributed by atoms with van der Waals surface area (Å²) in [7, 11) is -0.780. The van der Waals surface area contributed by atoms with E-state index in [1.54, 1.807) is 12.1 Å². The Morgan fingerprint density at radius 1 is 0.909 bits per heavy atom. The monoisotopic (exact) mass is 470 g/mol. The van der Waals surface area contributed by atoms with Crippen molar-refractivity contribution in [1.29, 1.82) is 0 Å². The van der Waals surface area contributed by atoms with Gasteiger partial charge in [-0.3, -0.25) is 4.79 Å². The third-order valence-corrected chi connectivity index (χ3v) is 7.34. The fourth-order valence-corrected chi connectivity index (χ4v) is 4.98. The van der Waals surface area contributed by atoms with Gasteiger partial charge in [-0.05, 0) is 47.5 Å². The van der Waals surface area contributed by atoms with Gasteiger partial charge in [0.2, 0.25) is 10.0 Å². The number of carbonyl (C=O) groups excluding carboxylic acids is 1. The molecule has 0 heterocycles. The first-order valence-corrected chi connectivity index (χ1v) is 12.2. The van der Waals surface area contributed by atoms with Crippen molar-refractivity contribution in [2.45, 2.75) is 17.9 Å². The highest BCUT2D eigenvalue weighted by molar-refractivity contribution is 7.89. The zero-order chi connectivity index (χ0) is 23.8. The molecule has 0 bridgehead atoms. The molecule has 0 unspecified atom stereocenters. The first-order chi connectivity index (χ1) is 15.9. The number of fused-ring (bicyclic) bond motifs is 1. The average molecular weight is 471 g/mol. The van der Waals surface area contributed by atoms with Gasteiger partial charge in [0.05, 0.1) is 24.2 Å². The normalized spacial score (nSPS) is 12.7. The lowest BCUT2D eigenvalue weighted by Gasteiger charge is -2.22. The molecule has 0 aliphatic carbocycles. The molecule has 0 aliphatic rings. The van der Waals surface area contributed by atoms with E-state index >= 15 is 0 Å². The minimum absolute atomic E-state index is 0.0562. The Labute approximate surface area is 195 Å². The number of rotatable bonds is 11. The number of carbonyl (C=O) groups is 1. The Hall–Kier alpha value is -2.78. The van der Waals surface area contributed by atoms with Gasteiger partial charge in [0.1, 0.15) is 0 Å². The van der Waals surface area contributed by atoms with Crippen molar-refractivity contribution in [2.75, 3.05) is 40.5 Å². The summed E-state index contributed by atoms with van der Waals surface area (Å²) in [4.78, 5) is 13.0. The third-order valence-electron chi connectivity index (χ3n) is 5.44. The molecule has 1 amide bonds. The molecule has 3 aromatic carbocycles. The number of methoxy groups -OCH3 is 2. The van der Waals surface area contributed by atoms with E-state index in [2.05, 4.69) is 5.32 Å². The number of sulfonamides is 1. The largest absolute Gasteiger partial charge is 0.383 e. The van der Waals surface area contributed by atoms with Crippen LogP contribution < -0.4 is 5.32 Å². The number of hydrogen-bond acceptors (Lipinski definition) is 5. The second-order valence-electron chi connectivity index (χ2n) is 7.72. The van der Waals surface area contributed by atoms with Crippen LogP contribution in [0.4, 0.5) is 0 Å². The second kappa shape index (κ2) is 11.4. The highest BCUT2D eigenvalue weighted by Gasteiger charge is 2.25. The zero-order valence-corrected chi connectivity index (χ0v) is 20.0. The minimum atomic E-state index is -3.81. The topological polar surface area (TPSA) is 84.9 Å². The van der Waals surface area contributed by atoms with E-state index in [9.17, 15) is 13.2 Å². The lowest BCUT2D eigenvalue weighted by Crippen LogP contribution is -2.36. The molecular weight excluding hydrogens is 440 g/mol. The molecule has 0 aliphatic heterocycles. The summed E-state index contributed by atoms with van der Waals surface area (Å²) in [6.45, 7) is 2.80. The fourth-order valence-electron chi connectivity index (χ4n) is 3.53. The fraction of sp³-hybridized carbons (Fsp3) is 0.320. The second-order valence-corrected chi connectivity index (χ2v) is 9.66. The van der Waals surface area contributed by atoms with Gasteiger partial charge in [0.15, 0.2) is 0 Å². The van der Waals surface area contributed by atoms with Gasteiger partial charge in [0, 0.05) is 32.9 Å². The maximum Gasteiger partial charge on any atom is 0.251 e. The maximum atomic E-state index is 13.2. The summed E-state index contributed by atoms with van der Waals surface area (Å²) in [6.07, 6.45) is 0. The number of hydrogen-bond donors (Lipinski definition) is 1. The van der Waals surface area contributed by atoms with E-state index < -0.39 is 10.0 Å². The lowest BCUT2D eigenvalue weighted by atomic mass is 10.0. The number of amides is 1. The molecular formula is C25H30N2O5S. The van der Waals surface area contributed by atoms with E-state index in [1.807, 2.05) is 49.4 Å². The molecule has 0 spiro atoms. The minimum Gasteiger partial charge on any atom is -0.383 e. The Morgan fingerprint density at radius 3 is 2.24 bits per heavy atom. The van der Waals surface area contributed by atoms with Crippen molar-refractivity contribution < 1.29 is 22.7 Å². The summed E-state index contributed by atoms with van der Waals surface area (Å²) in [5.41, 5.74) is 1.25. The predicted octanol–water partition coefficient (Wildman–Crippen LogP) is 3.61. The standard InChI is InChI=1S/C25H30N2O5S/c1-19(21-12-11-20-7-4-5-8-22(20)17-21)26-25(28)23-9-6-10-24(18-23)33(29,30)27(13-15-31-2)14-16-32-3/h4-12,17-19H,13-16H2,1-3H3,(H,26,28)/t19-/m0/s1. The average Bonchev–Trinajstić information content (AvgIpc) is 2.83. The quantitative estimate of drug-likeness (QED) is 0.463. The third kappa shape index (κ3) is 6.17. The van der Waals surface area contributed by atoms with Crippen molar-refractivity contribution in [1.82, 2.24) is 9.62 Å². The first kappa shape index (κ1) is 24.9. The lowest BCUT2D eigenvalue weighted by molar-refractivity contribution is 0.0939. The van der Waals surface area contributed by atoms with Crippen LogP contribution in [0.15, 0.2) is 71.6 Å². The van der Waals surface area contributed by atoms with Crippen molar-refractivity contribution in [3.8, 4) is 0 Å². The predicted molar refractivity (Wildman–Crippen MR) is 129 cm³/mol. The molecule has 0 saturated heterocycles.